The molecule has 2 aliphatic rings. The van der Waals surface area contributed by atoms with Crippen molar-refractivity contribution in [2.24, 2.45) is 9.98 Å². The molecule has 1 aromatic carbocycles. The summed E-state index contributed by atoms with van der Waals surface area (Å²) in [7, 11) is 0. The second kappa shape index (κ2) is 13.3. The number of benzene rings is 1. The van der Waals surface area contributed by atoms with Crippen molar-refractivity contribution in [1.29, 1.82) is 0 Å². The maximum atomic E-state index is 6.52. The van der Waals surface area contributed by atoms with Gasteiger partial charge in [0.1, 0.15) is 11.4 Å². The zero-order chi connectivity index (χ0) is 25.2. The van der Waals surface area contributed by atoms with Crippen LogP contribution in [0.1, 0.15) is 45.1 Å². The van der Waals surface area contributed by atoms with Gasteiger partial charge in [-0.25, -0.2) is 9.97 Å². The van der Waals surface area contributed by atoms with Crippen LogP contribution in [0.4, 0.5) is 23.0 Å². The number of nitrogens with one attached hydrogen (secondary N) is 1. The average Bonchev–Trinajstić information content (AvgIpc) is 2.91. The molecule has 1 aliphatic heterocycles. The van der Waals surface area contributed by atoms with Crippen LogP contribution in [0.3, 0.4) is 0 Å². The Balaban J connectivity index is 1.36. The molecule has 4 rings (SSSR count). The fourth-order valence-corrected chi connectivity index (χ4v) is 4.65. The Morgan fingerprint density at radius 1 is 1.17 bits per heavy atom. The molecule has 1 saturated heterocycles. The molecule has 2 fully saturated rings. The van der Waals surface area contributed by atoms with Gasteiger partial charge in [-0.2, -0.15) is 0 Å². The number of aromatic nitrogens is 2. The summed E-state index contributed by atoms with van der Waals surface area (Å²) in [5.41, 5.74) is 3.65. The SMILES string of the molecule is C=Nc1c(/N=C\C)cc(N2CCOCC2)cc1O[C@H]1CC[C@@H](Nc2ncc(CCOCC)cn2)CC1. The number of aliphatic imine (C=N–C) groups is 2. The Hall–Kier alpha value is -3.04. The first kappa shape index (κ1) is 26.0. The molecule has 0 amide bonds. The highest BCUT2D eigenvalue weighted by Gasteiger charge is 2.25. The minimum atomic E-state index is 0.115. The third-order valence-electron chi connectivity index (χ3n) is 6.59. The van der Waals surface area contributed by atoms with Gasteiger partial charge in [0.05, 0.1) is 31.6 Å². The molecule has 9 nitrogen and oxygen atoms in total. The molecule has 0 bridgehead atoms. The van der Waals surface area contributed by atoms with E-state index < -0.39 is 0 Å². The normalized spacial score (nSPS) is 20.4. The second-order valence-corrected chi connectivity index (χ2v) is 9.05. The molecule has 1 aliphatic carbocycles. The van der Waals surface area contributed by atoms with Crippen LogP contribution in [0.15, 0.2) is 34.5 Å². The van der Waals surface area contributed by atoms with Crippen molar-refractivity contribution in [1.82, 2.24) is 9.97 Å². The molecule has 1 N–H and O–H groups in total. The minimum Gasteiger partial charge on any atom is -0.488 e. The fraction of sp³-hybridized carbons (Fsp3) is 0.556. The van der Waals surface area contributed by atoms with Crippen molar-refractivity contribution in [3.63, 3.8) is 0 Å². The van der Waals surface area contributed by atoms with Crippen molar-refractivity contribution in [3.05, 3.63) is 30.1 Å². The molecule has 1 saturated carbocycles. The number of morpholine rings is 1. The first-order chi connectivity index (χ1) is 17.7. The van der Waals surface area contributed by atoms with Crippen LogP contribution in [0, 0.1) is 0 Å². The van der Waals surface area contributed by atoms with Gasteiger partial charge >= 0.3 is 0 Å². The molecule has 0 atom stereocenters. The summed E-state index contributed by atoms with van der Waals surface area (Å²) < 4.78 is 17.4. The van der Waals surface area contributed by atoms with E-state index in [9.17, 15) is 0 Å². The Kier molecular flexibility index (Phi) is 9.63. The first-order valence-corrected chi connectivity index (χ1v) is 13.0. The summed E-state index contributed by atoms with van der Waals surface area (Å²) in [5.74, 6) is 1.43. The number of rotatable bonds is 11. The van der Waals surface area contributed by atoms with Gasteiger partial charge < -0.3 is 24.4 Å². The van der Waals surface area contributed by atoms with Gasteiger partial charge in [-0.1, -0.05) is 0 Å². The van der Waals surface area contributed by atoms with Gasteiger partial charge in [0.15, 0.2) is 0 Å². The lowest BCUT2D eigenvalue weighted by Crippen LogP contribution is -2.36. The van der Waals surface area contributed by atoms with Crippen molar-refractivity contribution in [3.8, 4) is 5.75 Å². The average molecular weight is 495 g/mol. The van der Waals surface area contributed by atoms with Gasteiger partial charge in [0, 0.05) is 56.1 Å². The van der Waals surface area contributed by atoms with Gasteiger partial charge in [-0.3, -0.25) is 9.98 Å². The van der Waals surface area contributed by atoms with Gasteiger partial charge in [-0.05, 0) is 64.3 Å². The second-order valence-electron chi connectivity index (χ2n) is 9.05. The Morgan fingerprint density at radius 3 is 2.58 bits per heavy atom. The number of ether oxygens (including phenoxy) is 3. The van der Waals surface area contributed by atoms with Crippen molar-refractivity contribution >= 4 is 35.9 Å². The van der Waals surface area contributed by atoms with E-state index >= 15 is 0 Å². The van der Waals surface area contributed by atoms with Gasteiger partial charge in [0.25, 0.3) is 0 Å². The predicted molar refractivity (Wildman–Crippen MR) is 145 cm³/mol. The van der Waals surface area contributed by atoms with Crippen LogP contribution in [0.2, 0.25) is 0 Å². The fourth-order valence-electron chi connectivity index (χ4n) is 4.65. The van der Waals surface area contributed by atoms with Crippen molar-refractivity contribution in [2.75, 3.05) is 49.7 Å². The molecular formula is C27H38N6O3. The molecule has 36 heavy (non-hydrogen) atoms. The topological polar surface area (TPSA) is 93.5 Å². The Bertz CT molecular complexity index is 999. The third-order valence-corrected chi connectivity index (χ3v) is 6.59. The molecule has 1 aromatic heterocycles. The molecular weight excluding hydrogens is 456 g/mol. The zero-order valence-electron chi connectivity index (χ0n) is 21.5. The van der Waals surface area contributed by atoms with E-state index in [1.807, 2.05) is 26.2 Å². The summed E-state index contributed by atoms with van der Waals surface area (Å²) >= 11 is 0. The van der Waals surface area contributed by atoms with Gasteiger partial charge in [-0.15, -0.1) is 0 Å². The zero-order valence-corrected chi connectivity index (χ0v) is 21.5. The van der Waals surface area contributed by atoms with E-state index in [1.165, 1.54) is 0 Å². The monoisotopic (exact) mass is 494 g/mol. The maximum absolute atomic E-state index is 6.52. The smallest absolute Gasteiger partial charge is 0.222 e. The first-order valence-electron chi connectivity index (χ1n) is 13.0. The van der Waals surface area contributed by atoms with Crippen LogP contribution < -0.4 is 15.0 Å². The van der Waals surface area contributed by atoms with Crippen LogP contribution in [-0.4, -0.2) is 74.6 Å². The van der Waals surface area contributed by atoms with Crippen LogP contribution >= 0.6 is 0 Å². The Labute approximate surface area is 214 Å². The van der Waals surface area contributed by atoms with E-state index in [-0.39, 0.29) is 6.10 Å². The quantitative estimate of drug-likeness (QED) is 0.356. The lowest BCUT2D eigenvalue weighted by atomic mass is 9.93. The Morgan fingerprint density at radius 2 is 1.92 bits per heavy atom. The molecule has 2 aromatic rings. The summed E-state index contributed by atoms with van der Waals surface area (Å²) in [6, 6.07) is 4.47. The molecule has 0 spiro atoms. The van der Waals surface area contributed by atoms with Crippen LogP contribution in [0.5, 0.6) is 5.75 Å². The molecule has 194 valence electrons. The lowest BCUT2D eigenvalue weighted by Gasteiger charge is -2.32. The maximum Gasteiger partial charge on any atom is 0.222 e. The van der Waals surface area contributed by atoms with E-state index in [0.29, 0.717) is 24.3 Å². The predicted octanol–water partition coefficient (Wildman–Crippen LogP) is 4.75. The number of hydrogen-bond donors (Lipinski definition) is 1. The highest BCUT2D eigenvalue weighted by Crippen LogP contribution is 2.43. The standard InChI is InChI=1S/C27H38N6O3/c1-4-29-24-16-22(33-11-14-35-15-12-33)17-25(26(24)28-3)36-23-8-6-21(7-9-23)32-27-30-18-20(19-31-27)10-13-34-5-2/h4,16-19,21,23H,3,5-15H2,1-2H3,(H,30,31,32)/b29-4-/t21-,23+. The largest absolute Gasteiger partial charge is 0.488 e. The van der Waals surface area contributed by atoms with Crippen LogP contribution in [0.25, 0.3) is 0 Å². The van der Waals surface area contributed by atoms with E-state index in [0.717, 1.165) is 87.7 Å². The lowest BCUT2D eigenvalue weighted by molar-refractivity contribution is 0.122. The van der Waals surface area contributed by atoms with Crippen molar-refractivity contribution < 1.29 is 14.2 Å². The summed E-state index contributed by atoms with van der Waals surface area (Å²) in [6.45, 7) is 12.3. The van der Waals surface area contributed by atoms with Gasteiger partial charge in [0.2, 0.25) is 5.95 Å². The minimum absolute atomic E-state index is 0.115. The number of nitrogens with zero attached hydrogens (tertiary/aromatic N) is 5. The number of hydrogen-bond acceptors (Lipinski definition) is 9. The highest BCUT2D eigenvalue weighted by molar-refractivity contribution is 5.80. The van der Waals surface area contributed by atoms with Crippen LogP contribution in [-0.2, 0) is 15.9 Å². The molecule has 0 unspecified atom stereocenters. The number of anilines is 2. The molecule has 9 heteroatoms. The molecule has 2 heterocycles. The highest BCUT2D eigenvalue weighted by atomic mass is 16.5. The third kappa shape index (κ3) is 7.01. The summed E-state index contributed by atoms with van der Waals surface area (Å²) in [4.78, 5) is 20.1. The van der Waals surface area contributed by atoms with Crippen molar-refractivity contribution in [2.45, 2.75) is 58.1 Å². The van der Waals surface area contributed by atoms with E-state index in [4.69, 9.17) is 14.2 Å². The van der Waals surface area contributed by atoms with E-state index in [2.05, 4.69) is 49.0 Å². The summed E-state index contributed by atoms with van der Waals surface area (Å²) in [5, 5.41) is 3.49. The van der Waals surface area contributed by atoms with E-state index in [1.54, 1.807) is 6.21 Å². The summed E-state index contributed by atoms with van der Waals surface area (Å²) in [6.07, 6.45) is 10.3. The molecule has 0 radical (unpaired) electrons.